The molecule has 0 unspecified atom stereocenters. The second-order valence-electron chi connectivity index (χ2n) is 4.58. The van der Waals surface area contributed by atoms with Gasteiger partial charge in [-0.15, -0.1) is 5.06 Å². The zero-order valence-electron chi connectivity index (χ0n) is 13.4. The van der Waals surface area contributed by atoms with Crippen LogP contribution in [0.4, 0.5) is 0 Å². The summed E-state index contributed by atoms with van der Waals surface area (Å²) in [5.41, 5.74) is 0.646. The number of ether oxygens (including phenoxy) is 3. The minimum absolute atomic E-state index is 0.174. The molecule has 1 heterocycles. The van der Waals surface area contributed by atoms with Crippen LogP contribution in [0.5, 0.6) is 17.2 Å². The molecule has 0 bridgehead atoms. The fraction of sp³-hybridized carbons (Fsp3) is 0.250. The molecule has 1 aliphatic rings. The van der Waals surface area contributed by atoms with Gasteiger partial charge in [-0.2, -0.15) is 0 Å². The summed E-state index contributed by atoms with van der Waals surface area (Å²) in [5.74, 6) is 0.327. The van der Waals surface area contributed by atoms with Gasteiger partial charge in [0.05, 0.1) is 31.5 Å². The van der Waals surface area contributed by atoms with Gasteiger partial charge in [0, 0.05) is 6.08 Å². The predicted molar refractivity (Wildman–Crippen MR) is 95.0 cm³/mol. The molecule has 1 aromatic carbocycles. The Labute approximate surface area is 152 Å². The summed E-state index contributed by atoms with van der Waals surface area (Å²) in [6.45, 7) is 0.174. The maximum absolute atomic E-state index is 12.1. The van der Waals surface area contributed by atoms with Crippen LogP contribution in [0.15, 0.2) is 27.9 Å². The van der Waals surface area contributed by atoms with E-state index in [0.29, 0.717) is 26.4 Å². The number of hydrogen-bond acceptors (Lipinski definition) is 6. The van der Waals surface area contributed by atoms with Crippen LogP contribution in [0.25, 0.3) is 6.08 Å². The van der Waals surface area contributed by atoms with Gasteiger partial charge in [0.1, 0.15) is 0 Å². The van der Waals surface area contributed by atoms with Crippen molar-refractivity contribution in [1.82, 2.24) is 5.06 Å². The molecular formula is C16H16INO6. The van der Waals surface area contributed by atoms with Gasteiger partial charge in [-0.25, -0.2) is 0 Å². The van der Waals surface area contributed by atoms with Gasteiger partial charge in [0.25, 0.3) is 11.8 Å². The number of carbonyl (C=O) groups excluding carboxylic acids is 2. The van der Waals surface area contributed by atoms with E-state index < -0.39 is 11.8 Å². The highest BCUT2D eigenvalue weighted by molar-refractivity contribution is 14.1. The SMILES string of the molecule is COc1cc(C=CC(=O)N2OCC=C(I)C2=O)cc(OC)c1OC. The number of halogens is 1. The van der Waals surface area contributed by atoms with E-state index in [1.165, 1.54) is 33.5 Å². The molecule has 1 aromatic rings. The van der Waals surface area contributed by atoms with Gasteiger partial charge in [0.15, 0.2) is 11.5 Å². The topological polar surface area (TPSA) is 74.3 Å². The van der Waals surface area contributed by atoms with Gasteiger partial charge in [-0.1, -0.05) is 0 Å². The van der Waals surface area contributed by atoms with Crippen molar-refractivity contribution in [3.05, 3.63) is 33.4 Å². The number of methoxy groups -OCH3 is 3. The molecule has 1 aliphatic heterocycles. The molecule has 0 aromatic heterocycles. The average Bonchev–Trinajstić information content (AvgIpc) is 2.60. The number of hydrogen-bond donors (Lipinski definition) is 0. The third kappa shape index (κ3) is 3.88. The van der Waals surface area contributed by atoms with Crippen molar-refractivity contribution in [2.24, 2.45) is 0 Å². The molecule has 0 fully saturated rings. The summed E-state index contributed by atoms with van der Waals surface area (Å²) in [4.78, 5) is 29.1. The Morgan fingerprint density at radius 1 is 1.21 bits per heavy atom. The highest BCUT2D eigenvalue weighted by Crippen LogP contribution is 2.38. The summed E-state index contributed by atoms with van der Waals surface area (Å²) in [7, 11) is 4.52. The lowest BCUT2D eigenvalue weighted by Crippen LogP contribution is -2.38. The number of amides is 2. The van der Waals surface area contributed by atoms with Crippen LogP contribution >= 0.6 is 22.6 Å². The summed E-state index contributed by atoms with van der Waals surface area (Å²) in [5, 5.41) is 0.732. The second-order valence-corrected chi connectivity index (χ2v) is 5.74. The zero-order chi connectivity index (χ0) is 17.7. The zero-order valence-corrected chi connectivity index (χ0v) is 15.5. The van der Waals surface area contributed by atoms with Crippen LogP contribution in [0, 0.1) is 0 Å². The van der Waals surface area contributed by atoms with E-state index >= 15 is 0 Å². The van der Waals surface area contributed by atoms with Gasteiger partial charge in [0.2, 0.25) is 5.75 Å². The van der Waals surface area contributed by atoms with E-state index in [9.17, 15) is 9.59 Å². The smallest absolute Gasteiger partial charge is 0.290 e. The number of carbonyl (C=O) groups is 2. The molecule has 7 nitrogen and oxygen atoms in total. The summed E-state index contributed by atoms with van der Waals surface area (Å²) < 4.78 is 16.2. The van der Waals surface area contributed by atoms with E-state index in [4.69, 9.17) is 19.0 Å². The molecular weight excluding hydrogens is 429 g/mol. The minimum atomic E-state index is -0.573. The molecule has 0 saturated carbocycles. The highest BCUT2D eigenvalue weighted by atomic mass is 127. The standard InChI is InChI=1S/C16H16INO6/c1-21-12-8-10(9-13(22-2)15(12)23-3)4-5-14(19)18-16(20)11(17)6-7-24-18/h4-6,8-9H,7H2,1-3H3. The van der Waals surface area contributed by atoms with Crippen molar-refractivity contribution in [3.63, 3.8) is 0 Å². The first-order valence-corrected chi connectivity index (χ1v) is 7.94. The van der Waals surface area contributed by atoms with Crippen molar-refractivity contribution >= 4 is 40.5 Å². The van der Waals surface area contributed by atoms with Crippen molar-refractivity contribution in [2.45, 2.75) is 0 Å². The van der Waals surface area contributed by atoms with Crippen LogP contribution in [-0.2, 0) is 14.4 Å². The predicted octanol–water partition coefficient (Wildman–Crippen LogP) is 2.34. The first-order valence-electron chi connectivity index (χ1n) is 6.87. The molecule has 0 atom stereocenters. The normalized spacial score (nSPS) is 14.6. The molecule has 2 amide bonds. The molecule has 0 spiro atoms. The molecule has 0 radical (unpaired) electrons. The van der Waals surface area contributed by atoms with E-state index in [-0.39, 0.29) is 6.61 Å². The van der Waals surface area contributed by atoms with Crippen LogP contribution in [-0.4, -0.2) is 44.8 Å². The van der Waals surface area contributed by atoms with Crippen LogP contribution in [0.1, 0.15) is 5.56 Å². The lowest BCUT2D eigenvalue weighted by atomic mass is 10.1. The van der Waals surface area contributed by atoms with Gasteiger partial charge >= 0.3 is 0 Å². The lowest BCUT2D eigenvalue weighted by molar-refractivity contribution is -0.187. The molecule has 8 heteroatoms. The Balaban J connectivity index is 2.24. The molecule has 128 valence electrons. The second kappa shape index (κ2) is 8.15. The first kappa shape index (κ1) is 18.3. The van der Waals surface area contributed by atoms with Crippen LogP contribution in [0.2, 0.25) is 0 Å². The molecule has 0 N–H and O–H groups in total. The Bertz CT molecular complexity index is 688. The van der Waals surface area contributed by atoms with Crippen molar-refractivity contribution < 1.29 is 28.6 Å². The number of rotatable bonds is 5. The quantitative estimate of drug-likeness (QED) is 0.512. The maximum Gasteiger partial charge on any atom is 0.290 e. The van der Waals surface area contributed by atoms with Crippen LogP contribution < -0.4 is 14.2 Å². The van der Waals surface area contributed by atoms with E-state index in [1.54, 1.807) is 18.2 Å². The number of nitrogens with zero attached hydrogens (tertiary/aromatic N) is 1. The summed E-state index contributed by atoms with van der Waals surface area (Å²) in [6.07, 6.45) is 4.39. The van der Waals surface area contributed by atoms with Gasteiger partial charge in [-0.05, 0) is 52.4 Å². The Morgan fingerprint density at radius 3 is 2.38 bits per heavy atom. The van der Waals surface area contributed by atoms with Crippen molar-refractivity contribution in [1.29, 1.82) is 0 Å². The number of hydroxylamine groups is 2. The number of imide groups is 1. The third-order valence-corrected chi connectivity index (χ3v) is 4.06. The van der Waals surface area contributed by atoms with Crippen molar-refractivity contribution in [3.8, 4) is 17.2 Å². The van der Waals surface area contributed by atoms with E-state index in [1.807, 2.05) is 22.6 Å². The Hall–Kier alpha value is -2.07. The monoisotopic (exact) mass is 445 g/mol. The Morgan fingerprint density at radius 2 is 1.83 bits per heavy atom. The largest absolute Gasteiger partial charge is 0.493 e. The summed E-state index contributed by atoms with van der Waals surface area (Å²) in [6, 6.07) is 3.38. The van der Waals surface area contributed by atoms with E-state index in [0.717, 1.165) is 5.06 Å². The average molecular weight is 445 g/mol. The molecule has 0 saturated heterocycles. The molecule has 24 heavy (non-hydrogen) atoms. The van der Waals surface area contributed by atoms with Crippen molar-refractivity contribution in [2.75, 3.05) is 27.9 Å². The first-order chi connectivity index (χ1) is 11.5. The number of benzene rings is 1. The lowest BCUT2D eigenvalue weighted by Gasteiger charge is -2.20. The highest BCUT2D eigenvalue weighted by Gasteiger charge is 2.26. The maximum atomic E-state index is 12.1. The van der Waals surface area contributed by atoms with Gasteiger partial charge < -0.3 is 14.2 Å². The summed E-state index contributed by atoms with van der Waals surface area (Å²) >= 11 is 1.86. The fourth-order valence-corrected chi connectivity index (χ4v) is 2.42. The van der Waals surface area contributed by atoms with Gasteiger partial charge in [-0.3, -0.25) is 14.4 Å². The van der Waals surface area contributed by atoms with Crippen LogP contribution in [0.3, 0.4) is 0 Å². The third-order valence-electron chi connectivity index (χ3n) is 3.16. The van der Waals surface area contributed by atoms with E-state index in [2.05, 4.69) is 0 Å². The fourth-order valence-electron chi connectivity index (χ4n) is 2.02. The molecule has 2 rings (SSSR count). The minimum Gasteiger partial charge on any atom is -0.493 e. The molecule has 0 aliphatic carbocycles. The Kier molecular flexibility index (Phi) is 6.21.